The van der Waals surface area contributed by atoms with Crippen molar-refractivity contribution < 1.29 is 5.11 Å². The van der Waals surface area contributed by atoms with Crippen molar-refractivity contribution >= 4 is 11.0 Å². The second-order valence-corrected chi connectivity index (χ2v) is 4.56. The molecule has 1 aromatic carbocycles. The van der Waals surface area contributed by atoms with Gasteiger partial charge in [0.2, 0.25) is 0 Å². The molecule has 0 aliphatic heterocycles. The molecule has 3 nitrogen and oxygen atoms in total. The third-order valence-electron chi connectivity index (χ3n) is 3.53. The molecule has 0 unspecified atom stereocenters. The van der Waals surface area contributed by atoms with Crippen molar-refractivity contribution in [1.29, 1.82) is 0 Å². The van der Waals surface area contributed by atoms with Crippen LogP contribution in [0.4, 0.5) is 0 Å². The number of fused-ring (bicyclic) bond motifs is 1. The molecule has 1 aliphatic rings. The van der Waals surface area contributed by atoms with Crippen molar-refractivity contribution in [3.05, 3.63) is 30.6 Å². The number of hydrogen-bond acceptors (Lipinski definition) is 2. The Morgan fingerprint density at radius 3 is 2.88 bits per heavy atom. The average Bonchev–Trinajstić information content (AvgIpc) is 2.74. The molecule has 0 spiro atoms. The van der Waals surface area contributed by atoms with Crippen LogP contribution in [0.25, 0.3) is 11.0 Å². The molecule has 3 rings (SSSR count). The van der Waals surface area contributed by atoms with E-state index in [4.69, 9.17) is 0 Å². The van der Waals surface area contributed by atoms with Gasteiger partial charge in [0.15, 0.2) is 0 Å². The van der Waals surface area contributed by atoms with Gasteiger partial charge in [-0.15, -0.1) is 0 Å². The van der Waals surface area contributed by atoms with Crippen LogP contribution in [0.1, 0.15) is 31.7 Å². The molecule has 84 valence electrons. The van der Waals surface area contributed by atoms with Crippen molar-refractivity contribution in [1.82, 2.24) is 9.55 Å². The van der Waals surface area contributed by atoms with Crippen molar-refractivity contribution in [2.24, 2.45) is 0 Å². The lowest BCUT2D eigenvalue weighted by Crippen LogP contribution is -2.27. The van der Waals surface area contributed by atoms with Crippen LogP contribution in [-0.2, 0) is 0 Å². The molecule has 1 N–H and O–H groups in total. The predicted octanol–water partition coefficient (Wildman–Crippen LogP) is 2.51. The molecule has 0 amide bonds. The quantitative estimate of drug-likeness (QED) is 0.795. The Morgan fingerprint density at radius 2 is 2.00 bits per heavy atom. The van der Waals surface area contributed by atoms with Crippen LogP contribution < -0.4 is 0 Å². The summed E-state index contributed by atoms with van der Waals surface area (Å²) in [6, 6.07) is 8.32. The first-order chi connectivity index (χ1) is 7.86. The summed E-state index contributed by atoms with van der Waals surface area (Å²) in [7, 11) is 0. The molecule has 2 atom stereocenters. The predicted molar refractivity (Wildman–Crippen MR) is 63.2 cm³/mol. The van der Waals surface area contributed by atoms with E-state index < -0.39 is 0 Å². The van der Waals surface area contributed by atoms with E-state index in [-0.39, 0.29) is 12.1 Å². The van der Waals surface area contributed by atoms with E-state index in [1.807, 2.05) is 24.5 Å². The first-order valence-corrected chi connectivity index (χ1v) is 5.96. The number of rotatable bonds is 1. The molecule has 1 saturated carbocycles. The van der Waals surface area contributed by atoms with Crippen molar-refractivity contribution in [3.8, 4) is 0 Å². The monoisotopic (exact) mass is 216 g/mol. The molecule has 1 fully saturated rings. The van der Waals surface area contributed by atoms with Crippen LogP contribution in [0.2, 0.25) is 0 Å². The average molecular weight is 216 g/mol. The van der Waals surface area contributed by atoms with Gasteiger partial charge in [-0.3, -0.25) is 0 Å². The highest BCUT2D eigenvalue weighted by atomic mass is 16.3. The van der Waals surface area contributed by atoms with Gasteiger partial charge in [-0.25, -0.2) is 4.98 Å². The summed E-state index contributed by atoms with van der Waals surface area (Å²) in [5.74, 6) is 0. The number of para-hydroxylation sites is 2. The molecule has 2 aromatic rings. The van der Waals surface area contributed by atoms with Crippen molar-refractivity contribution in [3.63, 3.8) is 0 Å². The molecule has 0 radical (unpaired) electrons. The zero-order valence-electron chi connectivity index (χ0n) is 9.21. The molecule has 0 saturated heterocycles. The number of aliphatic hydroxyl groups is 1. The fourth-order valence-electron chi connectivity index (χ4n) is 2.66. The highest BCUT2D eigenvalue weighted by molar-refractivity contribution is 5.75. The van der Waals surface area contributed by atoms with Crippen LogP contribution in [-0.4, -0.2) is 20.8 Å². The Labute approximate surface area is 94.7 Å². The Hall–Kier alpha value is -1.35. The molecule has 16 heavy (non-hydrogen) atoms. The summed E-state index contributed by atoms with van der Waals surface area (Å²) in [5.41, 5.74) is 2.15. The topological polar surface area (TPSA) is 38.0 Å². The summed E-state index contributed by atoms with van der Waals surface area (Å²) in [6.45, 7) is 0. The maximum atomic E-state index is 10.1. The summed E-state index contributed by atoms with van der Waals surface area (Å²) in [5, 5.41) is 10.1. The Bertz CT molecular complexity index is 491. The molecule has 1 aliphatic carbocycles. The van der Waals surface area contributed by atoms with Gasteiger partial charge < -0.3 is 9.67 Å². The first kappa shape index (κ1) is 9.85. The second kappa shape index (κ2) is 3.91. The van der Waals surface area contributed by atoms with Crippen LogP contribution in [0.3, 0.4) is 0 Å². The lowest BCUT2D eigenvalue weighted by Gasteiger charge is -2.29. The van der Waals surface area contributed by atoms with E-state index in [0.29, 0.717) is 0 Å². The lowest BCUT2D eigenvalue weighted by molar-refractivity contribution is 0.0773. The van der Waals surface area contributed by atoms with E-state index in [2.05, 4.69) is 15.6 Å². The minimum Gasteiger partial charge on any atom is -0.391 e. The van der Waals surface area contributed by atoms with E-state index in [0.717, 1.165) is 30.3 Å². The SMILES string of the molecule is O[C@H]1CCCC[C@@H]1n1cnc2ccccc21. The van der Waals surface area contributed by atoms with Crippen LogP contribution in [0.5, 0.6) is 0 Å². The molecular formula is C13H16N2O. The largest absolute Gasteiger partial charge is 0.391 e. The number of aliphatic hydroxyl groups excluding tert-OH is 1. The van der Waals surface area contributed by atoms with Crippen LogP contribution in [0, 0.1) is 0 Å². The summed E-state index contributed by atoms with van der Waals surface area (Å²) < 4.78 is 2.14. The fourth-order valence-corrected chi connectivity index (χ4v) is 2.66. The number of benzene rings is 1. The maximum Gasteiger partial charge on any atom is 0.0961 e. The van der Waals surface area contributed by atoms with Gasteiger partial charge in [-0.2, -0.15) is 0 Å². The molecule has 1 heterocycles. The molecule has 3 heteroatoms. The summed E-state index contributed by atoms with van der Waals surface area (Å²) in [4.78, 5) is 4.38. The Kier molecular flexibility index (Phi) is 2.40. The standard InChI is InChI=1S/C13H16N2O/c16-13-8-4-3-7-12(13)15-9-14-10-5-1-2-6-11(10)15/h1-2,5-6,9,12-13,16H,3-4,7-8H2/t12-,13-/m0/s1. The zero-order valence-corrected chi connectivity index (χ0v) is 9.21. The molecule has 1 aromatic heterocycles. The van der Waals surface area contributed by atoms with E-state index in [1.165, 1.54) is 6.42 Å². The number of hydrogen-bond donors (Lipinski definition) is 1. The highest BCUT2D eigenvalue weighted by Gasteiger charge is 2.25. The fraction of sp³-hybridized carbons (Fsp3) is 0.462. The van der Waals surface area contributed by atoms with Crippen molar-refractivity contribution in [2.45, 2.75) is 37.8 Å². The van der Waals surface area contributed by atoms with Gasteiger partial charge in [0, 0.05) is 0 Å². The minimum atomic E-state index is -0.216. The minimum absolute atomic E-state index is 0.209. The smallest absolute Gasteiger partial charge is 0.0961 e. The lowest BCUT2D eigenvalue weighted by atomic mass is 9.92. The number of nitrogens with zero attached hydrogens (tertiary/aromatic N) is 2. The van der Waals surface area contributed by atoms with E-state index >= 15 is 0 Å². The van der Waals surface area contributed by atoms with Crippen molar-refractivity contribution in [2.75, 3.05) is 0 Å². The second-order valence-electron chi connectivity index (χ2n) is 4.56. The van der Waals surface area contributed by atoms with Gasteiger partial charge in [0.25, 0.3) is 0 Å². The van der Waals surface area contributed by atoms with Crippen LogP contribution in [0.15, 0.2) is 30.6 Å². The summed E-state index contributed by atoms with van der Waals surface area (Å²) >= 11 is 0. The van der Waals surface area contributed by atoms with Gasteiger partial charge in [-0.1, -0.05) is 25.0 Å². The van der Waals surface area contributed by atoms with Gasteiger partial charge >= 0.3 is 0 Å². The van der Waals surface area contributed by atoms with E-state index in [1.54, 1.807) is 0 Å². The van der Waals surface area contributed by atoms with Gasteiger partial charge in [-0.05, 0) is 25.0 Å². The third kappa shape index (κ3) is 1.52. The van der Waals surface area contributed by atoms with E-state index in [9.17, 15) is 5.11 Å². The normalized spacial score (nSPS) is 26.1. The first-order valence-electron chi connectivity index (χ1n) is 5.96. The Balaban J connectivity index is 2.04. The zero-order chi connectivity index (χ0) is 11.0. The van der Waals surface area contributed by atoms with Crippen LogP contribution >= 0.6 is 0 Å². The summed E-state index contributed by atoms with van der Waals surface area (Å²) in [6.07, 6.45) is 5.97. The maximum absolute atomic E-state index is 10.1. The van der Waals surface area contributed by atoms with Gasteiger partial charge in [0.1, 0.15) is 0 Å². The highest BCUT2D eigenvalue weighted by Crippen LogP contribution is 2.30. The molecule has 0 bridgehead atoms. The number of imidazole rings is 1. The number of aromatic nitrogens is 2. The van der Waals surface area contributed by atoms with Gasteiger partial charge in [0.05, 0.1) is 29.5 Å². The Morgan fingerprint density at radius 1 is 1.19 bits per heavy atom. The third-order valence-corrected chi connectivity index (χ3v) is 3.53. The molecular weight excluding hydrogens is 200 g/mol.